The predicted octanol–water partition coefficient (Wildman–Crippen LogP) is 1.91. The van der Waals surface area contributed by atoms with Gasteiger partial charge >= 0.3 is 0 Å². The molecule has 0 aliphatic carbocycles. The number of amides is 1. The van der Waals surface area contributed by atoms with E-state index in [1.807, 2.05) is 6.92 Å². The summed E-state index contributed by atoms with van der Waals surface area (Å²) >= 11 is 1.58. The molecule has 1 aromatic heterocycles. The molecule has 0 spiro atoms. The highest BCUT2D eigenvalue weighted by atomic mass is 32.2. The van der Waals surface area contributed by atoms with Crippen LogP contribution >= 0.6 is 11.8 Å². The van der Waals surface area contributed by atoms with Gasteiger partial charge in [-0.05, 0) is 26.7 Å². The van der Waals surface area contributed by atoms with E-state index in [9.17, 15) is 4.79 Å². The molecule has 112 valence electrons. The number of methoxy groups -OCH3 is 1. The second-order valence-corrected chi connectivity index (χ2v) is 6.27. The van der Waals surface area contributed by atoms with Crippen molar-refractivity contribution in [3.63, 3.8) is 0 Å². The minimum absolute atomic E-state index is 0.0278. The van der Waals surface area contributed by atoms with Gasteiger partial charge in [-0.2, -0.15) is 0 Å². The van der Waals surface area contributed by atoms with Crippen molar-refractivity contribution < 1.29 is 9.53 Å². The van der Waals surface area contributed by atoms with Gasteiger partial charge in [0.05, 0.1) is 17.6 Å². The van der Waals surface area contributed by atoms with Crippen LogP contribution in [0.2, 0.25) is 0 Å². The molecule has 1 amide bonds. The monoisotopic (exact) mass is 297 g/mol. The van der Waals surface area contributed by atoms with Gasteiger partial charge in [0.2, 0.25) is 5.91 Å². The lowest BCUT2D eigenvalue weighted by atomic mass is 10.2. The Bertz CT molecular complexity index is 473. The number of carbonyl (C=O) groups excluding carboxylic acids is 1. The molecule has 20 heavy (non-hydrogen) atoms. The lowest BCUT2D eigenvalue weighted by molar-refractivity contribution is -0.120. The van der Waals surface area contributed by atoms with Crippen LogP contribution in [-0.2, 0) is 16.1 Å². The number of aryl methyl sites for hydroxylation is 1. The van der Waals surface area contributed by atoms with Crippen molar-refractivity contribution in [2.45, 2.75) is 50.1 Å². The largest absolute Gasteiger partial charge is 0.383 e. The van der Waals surface area contributed by atoms with Crippen LogP contribution in [0.15, 0.2) is 5.16 Å². The molecule has 2 heterocycles. The highest BCUT2D eigenvalue weighted by molar-refractivity contribution is 8.00. The van der Waals surface area contributed by atoms with E-state index in [0.717, 1.165) is 48.9 Å². The van der Waals surface area contributed by atoms with Gasteiger partial charge in [-0.25, -0.2) is 4.98 Å². The zero-order valence-corrected chi connectivity index (χ0v) is 13.3. The zero-order valence-electron chi connectivity index (χ0n) is 12.4. The van der Waals surface area contributed by atoms with Gasteiger partial charge < -0.3 is 14.6 Å². The molecule has 5 nitrogen and oxygen atoms in total. The number of hydrogen-bond acceptors (Lipinski definition) is 4. The average Bonchev–Trinajstić information content (AvgIpc) is 2.58. The van der Waals surface area contributed by atoms with E-state index < -0.39 is 0 Å². The van der Waals surface area contributed by atoms with Crippen LogP contribution in [0.3, 0.4) is 0 Å². The summed E-state index contributed by atoms with van der Waals surface area (Å²) in [5.74, 6) is 0.143. The summed E-state index contributed by atoms with van der Waals surface area (Å²) < 4.78 is 7.31. The second-order valence-electron chi connectivity index (χ2n) is 5.10. The quantitative estimate of drug-likeness (QED) is 0.902. The summed E-state index contributed by atoms with van der Waals surface area (Å²) in [4.78, 5) is 16.7. The molecular weight excluding hydrogens is 274 g/mol. The Balaban J connectivity index is 2.14. The fourth-order valence-electron chi connectivity index (χ4n) is 2.31. The zero-order chi connectivity index (χ0) is 14.5. The fourth-order valence-corrected chi connectivity index (χ4v) is 3.58. The molecule has 1 atom stereocenters. The molecule has 0 saturated carbocycles. The maximum absolute atomic E-state index is 12.0. The standard InChI is InChI=1S/C14H23N3O2S/c1-10-11(2)17(8-9-19-3)14(16-10)20-12-6-4-5-7-15-13(12)18/h12H,4-9H2,1-3H3,(H,15,18)/t12-/m0/s1. The Morgan fingerprint density at radius 2 is 2.25 bits per heavy atom. The van der Waals surface area contributed by atoms with Gasteiger partial charge in [0.25, 0.3) is 0 Å². The Kier molecular flexibility index (Phi) is 5.48. The van der Waals surface area contributed by atoms with Crippen LogP contribution in [0.1, 0.15) is 30.7 Å². The van der Waals surface area contributed by atoms with E-state index in [-0.39, 0.29) is 11.2 Å². The molecule has 0 bridgehead atoms. The lowest BCUT2D eigenvalue weighted by Crippen LogP contribution is -2.30. The first-order valence-electron chi connectivity index (χ1n) is 7.10. The number of carbonyl (C=O) groups is 1. The molecule has 1 saturated heterocycles. The number of rotatable bonds is 5. The Labute approximate surface area is 124 Å². The molecule has 0 unspecified atom stereocenters. The molecule has 2 rings (SSSR count). The molecule has 0 aromatic carbocycles. The topological polar surface area (TPSA) is 56.1 Å². The highest BCUT2D eigenvalue weighted by Crippen LogP contribution is 2.29. The SMILES string of the molecule is COCCn1c(S[C@H]2CCCCNC2=O)nc(C)c1C. The number of hydrogen-bond donors (Lipinski definition) is 1. The molecule has 1 aliphatic heterocycles. The highest BCUT2D eigenvalue weighted by Gasteiger charge is 2.24. The van der Waals surface area contributed by atoms with Gasteiger partial charge in [-0.1, -0.05) is 18.2 Å². The van der Waals surface area contributed by atoms with Crippen LogP contribution < -0.4 is 5.32 Å². The summed E-state index contributed by atoms with van der Waals surface area (Å²) in [6.45, 7) is 6.30. The van der Waals surface area contributed by atoms with E-state index >= 15 is 0 Å². The van der Waals surface area contributed by atoms with E-state index in [1.165, 1.54) is 0 Å². The Morgan fingerprint density at radius 3 is 3.00 bits per heavy atom. The summed E-state index contributed by atoms with van der Waals surface area (Å²) in [5.41, 5.74) is 2.18. The van der Waals surface area contributed by atoms with Gasteiger partial charge in [0, 0.05) is 25.9 Å². The number of nitrogens with zero attached hydrogens (tertiary/aromatic N) is 2. The number of ether oxygens (including phenoxy) is 1. The van der Waals surface area contributed by atoms with Crippen molar-refractivity contribution in [1.29, 1.82) is 0 Å². The van der Waals surface area contributed by atoms with Crippen molar-refractivity contribution in [3.8, 4) is 0 Å². The van der Waals surface area contributed by atoms with Crippen LogP contribution in [0, 0.1) is 13.8 Å². The maximum atomic E-state index is 12.0. The van der Waals surface area contributed by atoms with Gasteiger partial charge in [-0.3, -0.25) is 4.79 Å². The van der Waals surface area contributed by atoms with Crippen LogP contribution in [-0.4, -0.2) is 41.0 Å². The average molecular weight is 297 g/mol. The smallest absolute Gasteiger partial charge is 0.233 e. The molecular formula is C14H23N3O2S. The molecule has 1 aliphatic rings. The van der Waals surface area contributed by atoms with E-state index in [1.54, 1.807) is 18.9 Å². The van der Waals surface area contributed by atoms with E-state index in [2.05, 4.69) is 21.8 Å². The van der Waals surface area contributed by atoms with Crippen molar-refractivity contribution in [1.82, 2.24) is 14.9 Å². The van der Waals surface area contributed by atoms with Crippen LogP contribution in [0.4, 0.5) is 0 Å². The van der Waals surface area contributed by atoms with E-state index in [0.29, 0.717) is 6.61 Å². The minimum Gasteiger partial charge on any atom is -0.383 e. The van der Waals surface area contributed by atoms with Crippen LogP contribution in [0.5, 0.6) is 0 Å². The number of imidazole rings is 1. The first-order chi connectivity index (χ1) is 9.63. The van der Waals surface area contributed by atoms with Gasteiger partial charge in [-0.15, -0.1) is 0 Å². The normalized spacial score (nSPS) is 19.8. The van der Waals surface area contributed by atoms with Crippen LogP contribution in [0.25, 0.3) is 0 Å². The third-order valence-electron chi connectivity index (χ3n) is 3.67. The number of nitrogens with one attached hydrogen (secondary N) is 1. The van der Waals surface area contributed by atoms with E-state index in [4.69, 9.17) is 4.74 Å². The molecule has 1 aromatic rings. The van der Waals surface area contributed by atoms with Crippen molar-refractivity contribution >= 4 is 17.7 Å². The Hall–Kier alpha value is -1.01. The summed E-state index contributed by atoms with van der Waals surface area (Å²) in [6.07, 6.45) is 3.08. The Morgan fingerprint density at radius 1 is 1.45 bits per heavy atom. The molecule has 1 N–H and O–H groups in total. The summed E-state index contributed by atoms with van der Waals surface area (Å²) in [6, 6.07) is 0. The maximum Gasteiger partial charge on any atom is 0.233 e. The first kappa shape index (κ1) is 15.4. The van der Waals surface area contributed by atoms with Crippen molar-refractivity contribution in [2.24, 2.45) is 0 Å². The third-order valence-corrected chi connectivity index (χ3v) is 4.93. The first-order valence-corrected chi connectivity index (χ1v) is 7.98. The molecule has 0 radical (unpaired) electrons. The molecule has 6 heteroatoms. The van der Waals surface area contributed by atoms with Crippen molar-refractivity contribution in [2.75, 3.05) is 20.3 Å². The summed E-state index contributed by atoms with van der Waals surface area (Å²) in [5, 5.41) is 3.88. The second kappa shape index (κ2) is 7.13. The van der Waals surface area contributed by atoms with Gasteiger partial charge in [0.1, 0.15) is 0 Å². The summed E-state index contributed by atoms with van der Waals surface area (Å²) in [7, 11) is 1.70. The third kappa shape index (κ3) is 3.55. The minimum atomic E-state index is -0.0278. The lowest BCUT2D eigenvalue weighted by Gasteiger charge is -2.14. The fraction of sp³-hybridized carbons (Fsp3) is 0.714. The number of aromatic nitrogens is 2. The molecule has 1 fully saturated rings. The van der Waals surface area contributed by atoms with Gasteiger partial charge in [0.15, 0.2) is 5.16 Å². The predicted molar refractivity (Wildman–Crippen MR) is 80.1 cm³/mol. The number of thioether (sulfide) groups is 1. The van der Waals surface area contributed by atoms with Crippen molar-refractivity contribution in [3.05, 3.63) is 11.4 Å².